The van der Waals surface area contributed by atoms with E-state index in [9.17, 15) is 9.59 Å². The molecule has 0 spiro atoms. The minimum absolute atomic E-state index is 0.197. The van der Waals surface area contributed by atoms with Gasteiger partial charge in [0, 0.05) is 17.2 Å². The molecule has 0 aromatic heterocycles. The van der Waals surface area contributed by atoms with Crippen LogP contribution in [0.15, 0.2) is 66.7 Å². The summed E-state index contributed by atoms with van der Waals surface area (Å²) in [6, 6.07) is 19.5. The summed E-state index contributed by atoms with van der Waals surface area (Å²) >= 11 is 0. The van der Waals surface area contributed by atoms with Gasteiger partial charge in [-0.25, -0.2) is 0 Å². The highest BCUT2D eigenvalue weighted by Gasteiger charge is 2.22. The van der Waals surface area contributed by atoms with Gasteiger partial charge in [-0.1, -0.05) is 48.0 Å². The summed E-state index contributed by atoms with van der Waals surface area (Å²) in [5.74, 6) is 0.518. The zero-order valence-corrected chi connectivity index (χ0v) is 15.4. The van der Waals surface area contributed by atoms with E-state index in [2.05, 4.69) is 5.32 Å². The fourth-order valence-corrected chi connectivity index (χ4v) is 3.02. The molecule has 1 heterocycles. The van der Waals surface area contributed by atoms with Crippen LogP contribution in [0.2, 0.25) is 0 Å². The maximum absolute atomic E-state index is 13.1. The van der Waals surface area contributed by atoms with E-state index in [1.807, 2.05) is 25.1 Å². The van der Waals surface area contributed by atoms with Crippen LogP contribution >= 0.6 is 0 Å². The number of benzene rings is 3. The zero-order valence-electron chi connectivity index (χ0n) is 15.4. The van der Waals surface area contributed by atoms with E-state index in [0.29, 0.717) is 47.1 Å². The van der Waals surface area contributed by atoms with Crippen LogP contribution in [0.25, 0.3) is 0 Å². The number of carbonyl (C=O) groups excluding carboxylic acids is 2. The number of carbonyl (C=O) groups is 2. The SMILES string of the molecule is Cc1ccc(C(=O)Nc2cc3c(cc2C(=O)c2ccccc2)OCCO3)cc1. The second kappa shape index (κ2) is 7.56. The van der Waals surface area contributed by atoms with Gasteiger partial charge in [0.25, 0.3) is 5.91 Å². The number of ketones is 1. The third-order valence-corrected chi connectivity index (χ3v) is 4.52. The molecule has 0 saturated carbocycles. The van der Waals surface area contributed by atoms with Crippen LogP contribution in [-0.4, -0.2) is 24.9 Å². The number of amides is 1. The molecule has 3 aromatic rings. The predicted molar refractivity (Wildman–Crippen MR) is 106 cm³/mol. The van der Waals surface area contributed by atoms with Gasteiger partial charge >= 0.3 is 0 Å². The minimum atomic E-state index is -0.293. The van der Waals surface area contributed by atoms with Gasteiger partial charge in [0.2, 0.25) is 0 Å². The van der Waals surface area contributed by atoms with Crippen molar-refractivity contribution in [3.63, 3.8) is 0 Å². The number of hydrogen-bond acceptors (Lipinski definition) is 4. The minimum Gasteiger partial charge on any atom is -0.486 e. The van der Waals surface area contributed by atoms with Gasteiger partial charge < -0.3 is 14.8 Å². The average molecular weight is 373 g/mol. The van der Waals surface area contributed by atoms with Crippen LogP contribution in [0.4, 0.5) is 5.69 Å². The first-order chi connectivity index (χ1) is 13.6. The number of hydrogen-bond donors (Lipinski definition) is 1. The Hall–Kier alpha value is -3.60. The molecule has 0 radical (unpaired) electrons. The fourth-order valence-electron chi connectivity index (χ4n) is 3.02. The number of rotatable bonds is 4. The van der Waals surface area contributed by atoms with E-state index in [1.54, 1.807) is 48.5 Å². The lowest BCUT2D eigenvalue weighted by molar-refractivity contribution is 0.102. The second-order valence-corrected chi connectivity index (χ2v) is 6.56. The highest BCUT2D eigenvalue weighted by atomic mass is 16.6. The summed E-state index contributed by atoms with van der Waals surface area (Å²) in [7, 11) is 0. The summed E-state index contributed by atoms with van der Waals surface area (Å²) in [6.07, 6.45) is 0. The van der Waals surface area contributed by atoms with Gasteiger partial charge in [-0.3, -0.25) is 9.59 Å². The number of ether oxygens (including phenoxy) is 2. The van der Waals surface area contributed by atoms with Gasteiger partial charge in [0.1, 0.15) is 13.2 Å². The third kappa shape index (κ3) is 3.60. The van der Waals surface area contributed by atoms with E-state index in [4.69, 9.17) is 9.47 Å². The van der Waals surface area contributed by atoms with E-state index in [0.717, 1.165) is 5.56 Å². The number of fused-ring (bicyclic) bond motifs is 1. The molecular formula is C23H19NO4. The van der Waals surface area contributed by atoms with Crippen molar-refractivity contribution in [3.05, 3.63) is 89.0 Å². The smallest absolute Gasteiger partial charge is 0.255 e. The molecule has 5 heteroatoms. The monoisotopic (exact) mass is 373 g/mol. The molecule has 0 bridgehead atoms. The molecule has 1 aliphatic heterocycles. The van der Waals surface area contributed by atoms with Crippen LogP contribution in [0, 0.1) is 6.92 Å². The van der Waals surface area contributed by atoms with Crippen molar-refractivity contribution < 1.29 is 19.1 Å². The van der Waals surface area contributed by atoms with Gasteiger partial charge in [-0.15, -0.1) is 0 Å². The third-order valence-electron chi connectivity index (χ3n) is 4.52. The van der Waals surface area contributed by atoms with E-state index in [1.165, 1.54) is 0 Å². The van der Waals surface area contributed by atoms with Gasteiger partial charge in [-0.05, 0) is 25.1 Å². The van der Waals surface area contributed by atoms with Crippen LogP contribution < -0.4 is 14.8 Å². The Bertz CT molecular complexity index is 1030. The van der Waals surface area contributed by atoms with Crippen molar-refractivity contribution in [2.24, 2.45) is 0 Å². The molecule has 3 aromatic carbocycles. The Kier molecular flexibility index (Phi) is 4.81. The Labute approximate surface area is 162 Å². The van der Waals surface area contributed by atoms with E-state index in [-0.39, 0.29) is 11.7 Å². The molecule has 1 amide bonds. The summed E-state index contributed by atoms with van der Waals surface area (Å²) in [4.78, 5) is 25.8. The lowest BCUT2D eigenvalue weighted by atomic mass is 10.0. The van der Waals surface area contributed by atoms with Crippen molar-refractivity contribution >= 4 is 17.4 Å². The Balaban J connectivity index is 1.73. The normalized spacial score (nSPS) is 12.3. The Morgan fingerprint density at radius 1 is 0.821 bits per heavy atom. The Morgan fingerprint density at radius 2 is 1.46 bits per heavy atom. The van der Waals surface area contributed by atoms with Crippen molar-refractivity contribution in [2.45, 2.75) is 6.92 Å². The number of aryl methyl sites for hydroxylation is 1. The highest BCUT2D eigenvalue weighted by Crippen LogP contribution is 2.36. The zero-order chi connectivity index (χ0) is 19.5. The lowest BCUT2D eigenvalue weighted by Crippen LogP contribution is -2.19. The second-order valence-electron chi connectivity index (χ2n) is 6.56. The molecule has 4 rings (SSSR count). The molecule has 5 nitrogen and oxygen atoms in total. The Morgan fingerprint density at radius 3 is 2.14 bits per heavy atom. The molecule has 0 unspecified atom stereocenters. The average Bonchev–Trinajstić information content (AvgIpc) is 2.74. The topological polar surface area (TPSA) is 64.6 Å². The molecule has 28 heavy (non-hydrogen) atoms. The molecule has 0 atom stereocenters. The first kappa shape index (κ1) is 17.8. The lowest BCUT2D eigenvalue weighted by Gasteiger charge is -2.21. The first-order valence-corrected chi connectivity index (χ1v) is 9.03. The van der Waals surface area contributed by atoms with Crippen LogP contribution in [0.5, 0.6) is 11.5 Å². The van der Waals surface area contributed by atoms with Crippen LogP contribution in [0.3, 0.4) is 0 Å². The molecule has 1 N–H and O–H groups in total. The van der Waals surface area contributed by atoms with Crippen LogP contribution in [-0.2, 0) is 0 Å². The van der Waals surface area contributed by atoms with Crippen LogP contribution in [0.1, 0.15) is 31.8 Å². The van der Waals surface area contributed by atoms with Crippen molar-refractivity contribution in [1.82, 2.24) is 0 Å². The largest absolute Gasteiger partial charge is 0.486 e. The van der Waals surface area contributed by atoms with Crippen molar-refractivity contribution in [2.75, 3.05) is 18.5 Å². The molecular weight excluding hydrogens is 354 g/mol. The molecule has 140 valence electrons. The van der Waals surface area contributed by atoms with Crippen molar-refractivity contribution in [1.29, 1.82) is 0 Å². The van der Waals surface area contributed by atoms with E-state index >= 15 is 0 Å². The summed E-state index contributed by atoms with van der Waals surface area (Å²) in [6.45, 7) is 2.80. The summed E-state index contributed by atoms with van der Waals surface area (Å²) in [5.41, 5.74) is 2.86. The fraction of sp³-hybridized carbons (Fsp3) is 0.130. The van der Waals surface area contributed by atoms with Crippen molar-refractivity contribution in [3.8, 4) is 11.5 Å². The molecule has 0 saturated heterocycles. The quantitative estimate of drug-likeness (QED) is 0.695. The summed E-state index contributed by atoms with van der Waals surface area (Å²) in [5, 5.41) is 2.85. The van der Waals surface area contributed by atoms with Gasteiger partial charge in [0.15, 0.2) is 17.3 Å². The summed E-state index contributed by atoms with van der Waals surface area (Å²) < 4.78 is 11.2. The predicted octanol–water partition coefficient (Wildman–Crippen LogP) is 4.25. The van der Waals surface area contributed by atoms with Gasteiger partial charge in [0.05, 0.1) is 11.3 Å². The number of nitrogens with one attached hydrogen (secondary N) is 1. The highest BCUT2D eigenvalue weighted by molar-refractivity contribution is 6.15. The number of anilines is 1. The molecule has 0 fully saturated rings. The molecule has 1 aliphatic rings. The maximum atomic E-state index is 13.1. The first-order valence-electron chi connectivity index (χ1n) is 9.03. The van der Waals surface area contributed by atoms with E-state index < -0.39 is 0 Å². The van der Waals surface area contributed by atoms with Gasteiger partial charge in [-0.2, -0.15) is 0 Å². The molecule has 0 aliphatic carbocycles. The maximum Gasteiger partial charge on any atom is 0.255 e. The standard InChI is InChI=1S/C23H19NO4/c1-15-7-9-17(10-8-15)23(26)24-19-14-21-20(27-11-12-28-21)13-18(19)22(25)16-5-3-2-4-6-16/h2-10,13-14H,11-12H2,1H3,(H,24,26).